The van der Waals surface area contributed by atoms with Gasteiger partial charge >= 0.3 is 6.03 Å². The highest BCUT2D eigenvalue weighted by Crippen LogP contribution is 2.26. The fourth-order valence-electron chi connectivity index (χ4n) is 3.34. The summed E-state index contributed by atoms with van der Waals surface area (Å²) in [6, 6.07) is 15.6. The molecule has 2 aromatic carbocycles. The summed E-state index contributed by atoms with van der Waals surface area (Å²) >= 11 is 0. The molecule has 4 amide bonds. The maximum absolute atomic E-state index is 12.7. The van der Waals surface area contributed by atoms with Gasteiger partial charge in [-0.05, 0) is 31.2 Å². The molecule has 3 N–H and O–H groups in total. The van der Waals surface area contributed by atoms with Crippen LogP contribution < -0.4 is 20.9 Å². The quantitative estimate of drug-likeness (QED) is 0.703. The number of nitrogens with zero attached hydrogens (tertiary/aromatic N) is 2. The number of rotatable bonds is 5. The van der Waals surface area contributed by atoms with Crippen molar-refractivity contribution < 1.29 is 14.4 Å². The number of carbonyl (C=O) groups excluding carboxylic acids is 3. The van der Waals surface area contributed by atoms with E-state index in [1.165, 1.54) is 0 Å². The molecule has 8 nitrogen and oxygen atoms in total. The van der Waals surface area contributed by atoms with Gasteiger partial charge in [-0.2, -0.15) is 0 Å². The minimum atomic E-state index is -0.698. The molecule has 1 aliphatic rings. The first-order chi connectivity index (χ1) is 14.5. The molecule has 1 atom stereocenters. The molecule has 1 aliphatic heterocycles. The second-order valence-corrected chi connectivity index (χ2v) is 7.10. The summed E-state index contributed by atoms with van der Waals surface area (Å²) in [6.07, 6.45) is 0. The number of carbonyl (C=O) groups is 3. The molecule has 8 heteroatoms. The molecule has 2 aromatic rings. The van der Waals surface area contributed by atoms with Gasteiger partial charge < -0.3 is 25.8 Å². The van der Waals surface area contributed by atoms with Gasteiger partial charge in [-0.3, -0.25) is 9.59 Å². The van der Waals surface area contributed by atoms with Crippen LogP contribution in [0.15, 0.2) is 54.6 Å². The van der Waals surface area contributed by atoms with Gasteiger partial charge in [-0.1, -0.05) is 30.3 Å². The number of urea groups is 1. The predicted molar refractivity (Wildman–Crippen MR) is 117 cm³/mol. The van der Waals surface area contributed by atoms with E-state index in [-0.39, 0.29) is 17.8 Å². The van der Waals surface area contributed by atoms with Gasteiger partial charge in [0, 0.05) is 38.8 Å². The molecule has 3 rings (SSSR count). The number of piperazine rings is 1. The van der Waals surface area contributed by atoms with Crippen molar-refractivity contribution in [3.63, 3.8) is 0 Å². The largest absolute Gasteiger partial charge is 0.366 e. The Balaban J connectivity index is 1.62. The molecule has 0 radical (unpaired) electrons. The SMILES string of the molecule is CNC(=O)N1CCN(c2ccccc2NC(=O)C(C)NC(=O)c2ccccc2)CC1. The topological polar surface area (TPSA) is 93.8 Å². The molecule has 30 heavy (non-hydrogen) atoms. The van der Waals surface area contributed by atoms with Crippen molar-refractivity contribution in [2.24, 2.45) is 0 Å². The van der Waals surface area contributed by atoms with Crippen LogP contribution in [0.3, 0.4) is 0 Å². The highest BCUT2D eigenvalue weighted by atomic mass is 16.2. The van der Waals surface area contributed by atoms with Crippen LogP contribution in [0.2, 0.25) is 0 Å². The second kappa shape index (κ2) is 9.78. The van der Waals surface area contributed by atoms with E-state index in [0.29, 0.717) is 37.4 Å². The third kappa shape index (κ3) is 5.08. The van der Waals surface area contributed by atoms with Gasteiger partial charge in [0.15, 0.2) is 0 Å². The van der Waals surface area contributed by atoms with E-state index < -0.39 is 6.04 Å². The molecule has 0 aromatic heterocycles. The van der Waals surface area contributed by atoms with Crippen LogP contribution in [-0.2, 0) is 4.79 Å². The van der Waals surface area contributed by atoms with Crippen molar-refractivity contribution in [2.45, 2.75) is 13.0 Å². The maximum atomic E-state index is 12.7. The molecule has 1 heterocycles. The fourth-order valence-corrected chi connectivity index (χ4v) is 3.34. The fraction of sp³-hybridized carbons (Fsp3) is 0.318. The van der Waals surface area contributed by atoms with Crippen LogP contribution in [0.5, 0.6) is 0 Å². The minimum Gasteiger partial charge on any atom is -0.366 e. The molecule has 0 bridgehead atoms. The van der Waals surface area contributed by atoms with Crippen LogP contribution in [0.1, 0.15) is 17.3 Å². The zero-order valence-corrected chi connectivity index (χ0v) is 17.2. The number of hydrogen-bond donors (Lipinski definition) is 3. The molecular formula is C22H27N5O3. The second-order valence-electron chi connectivity index (χ2n) is 7.10. The average Bonchev–Trinajstić information content (AvgIpc) is 2.79. The highest BCUT2D eigenvalue weighted by Gasteiger charge is 2.23. The summed E-state index contributed by atoms with van der Waals surface area (Å²) in [6.45, 7) is 4.19. The zero-order chi connectivity index (χ0) is 21.5. The van der Waals surface area contributed by atoms with Crippen LogP contribution in [0.25, 0.3) is 0 Å². The Morgan fingerprint density at radius 1 is 0.900 bits per heavy atom. The summed E-state index contributed by atoms with van der Waals surface area (Å²) in [4.78, 5) is 40.7. The molecule has 0 aliphatic carbocycles. The van der Waals surface area contributed by atoms with E-state index in [2.05, 4.69) is 20.9 Å². The molecule has 0 saturated carbocycles. The molecule has 1 saturated heterocycles. The standard InChI is InChI=1S/C22H27N5O3/c1-16(24-21(29)17-8-4-3-5-9-17)20(28)25-18-10-6-7-11-19(18)26-12-14-27(15-13-26)22(30)23-2/h3-11,16H,12-15H2,1-2H3,(H,23,30)(H,24,29)(H,25,28). The van der Waals surface area contributed by atoms with Gasteiger partial charge in [0.2, 0.25) is 5.91 Å². The molecular weight excluding hydrogens is 382 g/mol. The Morgan fingerprint density at radius 2 is 1.53 bits per heavy atom. The Labute approximate surface area is 176 Å². The first-order valence-electron chi connectivity index (χ1n) is 9.97. The number of hydrogen-bond acceptors (Lipinski definition) is 4. The van der Waals surface area contributed by atoms with E-state index in [1.54, 1.807) is 43.1 Å². The van der Waals surface area contributed by atoms with Gasteiger partial charge in [0.1, 0.15) is 6.04 Å². The van der Waals surface area contributed by atoms with Crippen molar-refractivity contribution >= 4 is 29.2 Å². The third-order valence-corrected chi connectivity index (χ3v) is 5.06. The predicted octanol–water partition coefficient (Wildman–Crippen LogP) is 1.90. The van der Waals surface area contributed by atoms with Gasteiger partial charge in [-0.25, -0.2) is 4.79 Å². The Morgan fingerprint density at radius 3 is 2.20 bits per heavy atom. The summed E-state index contributed by atoms with van der Waals surface area (Å²) in [7, 11) is 1.62. The Kier molecular flexibility index (Phi) is 6.90. The summed E-state index contributed by atoms with van der Waals surface area (Å²) < 4.78 is 0. The maximum Gasteiger partial charge on any atom is 0.317 e. The summed E-state index contributed by atoms with van der Waals surface area (Å²) in [5, 5.41) is 8.29. The highest BCUT2D eigenvalue weighted by molar-refractivity contribution is 6.02. The lowest BCUT2D eigenvalue weighted by atomic mass is 10.2. The smallest absolute Gasteiger partial charge is 0.317 e. The van der Waals surface area contributed by atoms with Crippen molar-refractivity contribution in [1.82, 2.24) is 15.5 Å². The number of amides is 4. The third-order valence-electron chi connectivity index (χ3n) is 5.06. The molecule has 1 unspecified atom stereocenters. The molecule has 1 fully saturated rings. The summed E-state index contributed by atoms with van der Waals surface area (Å²) in [5.41, 5.74) is 2.08. The number of benzene rings is 2. The first-order valence-corrected chi connectivity index (χ1v) is 9.97. The van der Waals surface area contributed by atoms with Crippen LogP contribution in [0, 0.1) is 0 Å². The minimum absolute atomic E-state index is 0.0841. The number of para-hydroxylation sites is 2. The van der Waals surface area contributed by atoms with E-state index in [4.69, 9.17) is 0 Å². The summed E-state index contributed by atoms with van der Waals surface area (Å²) in [5.74, 6) is -0.590. The number of anilines is 2. The average molecular weight is 409 g/mol. The Hall–Kier alpha value is -3.55. The molecule has 0 spiro atoms. The molecule has 158 valence electrons. The van der Waals surface area contributed by atoms with E-state index in [9.17, 15) is 14.4 Å². The lowest BCUT2D eigenvalue weighted by Crippen LogP contribution is -2.51. The van der Waals surface area contributed by atoms with Gasteiger partial charge in [0.05, 0.1) is 11.4 Å². The lowest BCUT2D eigenvalue weighted by molar-refractivity contribution is -0.117. The lowest BCUT2D eigenvalue weighted by Gasteiger charge is -2.36. The van der Waals surface area contributed by atoms with Crippen molar-refractivity contribution in [1.29, 1.82) is 0 Å². The monoisotopic (exact) mass is 409 g/mol. The Bertz CT molecular complexity index is 895. The zero-order valence-electron chi connectivity index (χ0n) is 17.2. The normalized spacial score (nSPS) is 14.6. The van der Waals surface area contributed by atoms with Crippen molar-refractivity contribution in [3.8, 4) is 0 Å². The first kappa shape index (κ1) is 21.2. The van der Waals surface area contributed by atoms with Crippen LogP contribution in [0.4, 0.5) is 16.2 Å². The number of nitrogens with one attached hydrogen (secondary N) is 3. The van der Waals surface area contributed by atoms with Crippen molar-refractivity contribution in [2.75, 3.05) is 43.4 Å². The van der Waals surface area contributed by atoms with E-state index in [0.717, 1.165) is 5.69 Å². The van der Waals surface area contributed by atoms with Gasteiger partial charge in [0.25, 0.3) is 5.91 Å². The van der Waals surface area contributed by atoms with Crippen LogP contribution >= 0.6 is 0 Å². The van der Waals surface area contributed by atoms with E-state index in [1.807, 2.05) is 30.3 Å². The van der Waals surface area contributed by atoms with Crippen molar-refractivity contribution in [3.05, 3.63) is 60.2 Å². The van der Waals surface area contributed by atoms with E-state index >= 15 is 0 Å². The van der Waals surface area contributed by atoms with Gasteiger partial charge in [-0.15, -0.1) is 0 Å². The van der Waals surface area contributed by atoms with Crippen LogP contribution in [-0.4, -0.2) is 62.0 Å².